The largest absolute Gasteiger partial charge is 0.483 e. The predicted octanol–water partition coefficient (Wildman–Crippen LogP) is 4.51. The van der Waals surface area contributed by atoms with Crippen LogP contribution in [0.3, 0.4) is 0 Å². The second-order valence-corrected chi connectivity index (χ2v) is 7.24. The molecule has 1 aliphatic heterocycles. The molecule has 3 aromatic rings. The summed E-state index contributed by atoms with van der Waals surface area (Å²) in [6.45, 7) is 0.911. The van der Waals surface area contributed by atoms with Crippen molar-refractivity contribution in [2.45, 2.75) is 13.1 Å². The Morgan fingerprint density at radius 2 is 1.79 bits per heavy atom. The van der Waals surface area contributed by atoms with Crippen molar-refractivity contribution in [3.8, 4) is 5.75 Å². The van der Waals surface area contributed by atoms with E-state index in [1.807, 2.05) is 36.4 Å². The Balaban J connectivity index is 1.52. The van der Waals surface area contributed by atoms with E-state index >= 15 is 0 Å². The van der Waals surface area contributed by atoms with Crippen molar-refractivity contribution in [1.29, 1.82) is 0 Å². The number of carbonyl (C=O) groups is 2. The van der Waals surface area contributed by atoms with Crippen LogP contribution < -0.4 is 10.1 Å². The van der Waals surface area contributed by atoms with E-state index in [1.165, 1.54) is 0 Å². The molecule has 0 bridgehead atoms. The van der Waals surface area contributed by atoms with Gasteiger partial charge in [-0.25, -0.2) is 0 Å². The molecular formula is C23H19ClN2O3. The van der Waals surface area contributed by atoms with Crippen molar-refractivity contribution in [1.82, 2.24) is 4.90 Å². The summed E-state index contributed by atoms with van der Waals surface area (Å²) in [5, 5.41) is 3.46. The van der Waals surface area contributed by atoms with Crippen molar-refractivity contribution in [3.63, 3.8) is 0 Å². The Morgan fingerprint density at radius 1 is 1.03 bits per heavy atom. The predicted molar refractivity (Wildman–Crippen MR) is 112 cm³/mol. The fourth-order valence-electron chi connectivity index (χ4n) is 3.20. The SMILES string of the molecule is O=C(Nc1ccc2c(c1)CN(Cc1ccccc1)C(=O)CO2)c1ccc(Cl)cc1. The molecule has 1 heterocycles. The molecule has 6 heteroatoms. The number of rotatable bonds is 4. The molecule has 0 unspecified atom stereocenters. The first-order valence-corrected chi connectivity index (χ1v) is 9.60. The fourth-order valence-corrected chi connectivity index (χ4v) is 3.32. The van der Waals surface area contributed by atoms with Crippen molar-refractivity contribution >= 4 is 29.1 Å². The quantitative estimate of drug-likeness (QED) is 0.693. The first-order chi connectivity index (χ1) is 14.1. The molecule has 0 saturated carbocycles. The third-order valence-electron chi connectivity index (χ3n) is 4.71. The van der Waals surface area contributed by atoms with E-state index < -0.39 is 0 Å². The van der Waals surface area contributed by atoms with Gasteiger partial charge in [-0.15, -0.1) is 0 Å². The molecule has 0 radical (unpaired) electrons. The molecule has 0 spiro atoms. The Morgan fingerprint density at radius 3 is 2.55 bits per heavy atom. The van der Waals surface area contributed by atoms with Crippen LogP contribution in [0.25, 0.3) is 0 Å². The average Bonchev–Trinajstić information content (AvgIpc) is 2.88. The number of carbonyl (C=O) groups excluding carboxylic acids is 2. The van der Waals surface area contributed by atoms with Gasteiger partial charge in [-0.05, 0) is 48.0 Å². The number of benzene rings is 3. The molecule has 2 amide bonds. The van der Waals surface area contributed by atoms with Crippen molar-refractivity contribution in [2.75, 3.05) is 11.9 Å². The molecule has 0 atom stereocenters. The Kier molecular flexibility index (Phi) is 5.49. The fraction of sp³-hybridized carbons (Fsp3) is 0.130. The summed E-state index contributed by atoms with van der Waals surface area (Å²) >= 11 is 5.88. The molecule has 29 heavy (non-hydrogen) atoms. The first kappa shape index (κ1) is 19.0. The minimum Gasteiger partial charge on any atom is -0.483 e. The lowest BCUT2D eigenvalue weighted by Crippen LogP contribution is -2.31. The van der Waals surface area contributed by atoms with E-state index in [9.17, 15) is 9.59 Å². The van der Waals surface area contributed by atoms with Crippen LogP contribution in [0.5, 0.6) is 5.75 Å². The lowest BCUT2D eigenvalue weighted by atomic mass is 10.1. The molecule has 146 valence electrons. The lowest BCUT2D eigenvalue weighted by Gasteiger charge is -2.20. The van der Waals surface area contributed by atoms with E-state index in [4.69, 9.17) is 16.3 Å². The maximum atomic E-state index is 12.5. The number of nitrogens with zero attached hydrogens (tertiary/aromatic N) is 1. The highest BCUT2D eigenvalue weighted by Crippen LogP contribution is 2.28. The van der Waals surface area contributed by atoms with Gasteiger partial charge in [0.2, 0.25) is 0 Å². The van der Waals surface area contributed by atoms with Crippen LogP contribution in [0.4, 0.5) is 5.69 Å². The van der Waals surface area contributed by atoms with E-state index in [0.29, 0.717) is 35.1 Å². The summed E-state index contributed by atoms with van der Waals surface area (Å²) in [5.74, 6) is 0.351. The van der Waals surface area contributed by atoms with E-state index in [-0.39, 0.29) is 18.4 Å². The third kappa shape index (κ3) is 4.58. The van der Waals surface area contributed by atoms with Crippen LogP contribution in [0.15, 0.2) is 72.8 Å². The summed E-state index contributed by atoms with van der Waals surface area (Å²) in [4.78, 5) is 26.7. The maximum Gasteiger partial charge on any atom is 0.261 e. The van der Waals surface area contributed by atoms with E-state index in [1.54, 1.807) is 41.3 Å². The summed E-state index contributed by atoms with van der Waals surface area (Å²) in [6, 6.07) is 21.9. The van der Waals surface area contributed by atoms with Gasteiger partial charge in [-0.3, -0.25) is 9.59 Å². The summed E-state index contributed by atoms with van der Waals surface area (Å²) in [7, 11) is 0. The minimum atomic E-state index is -0.228. The van der Waals surface area contributed by atoms with Gasteiger partial charge >= 0.3 is 0 Å². The first-order valence-electron chi connectivity index (χ1n) is 9.23. The van der Waals surface area contributed by atoms with E-state index in [0.717, 1.165) is 11.1 Å². The second kappa shape index (κ2) is 8.37. The van der Waals surface area contributed by atoms with Gasteiger partial charge in [0.25, 0.3) is 11.8 Å². The number of hydrogen-bond donors (Lipinski definition) is 1. The maximum absolute atomic E-state index is 12.5. The van der Waals surface area contributed by atoms with Crippen LogP contribution in [0, 0.1) is 0 Å². The number of halogens is 1. The number of amides is 2. The zero-order chi connectivity index (χ0) is 20.2. The smallest absolute Gasteiger partial charge is 0.261 e. The number of nitrogens with one attached hydrogen (secondary N) is 1. The van der Waals surface area contributed by atoms with Crippen LogP contribution in [-0.2, 0) is 17.9 Å². The van der Waals surface area contributed by atoms with E-state index in [2.05, 4.69) is 5.32 Å². The highest BCUT2D eigenvalue weighted by molar-refractivity contribution is 6.30. The molecular weight excluding hydrogens is 388 g/mol. The molecule has 0 aliphatic carbocycles. The number of anilines is 1. The summed E-state index contributed by atoms with van der Waals surface area (Å²) in [6.07, 6.45) is 0. The monoisotopic (exact) mass is 406 g/mol. The van der Waals surface area contributed by atoms with Crippen LogP contribution in [0.2, 0.25) is 5.02 Å². The molecule has 0 aromatic heterocycles. The summed E-state index contributed by atoms with van der Waals surface area (Å²) in [5.41, 5.74) is 3.06. The Labute approximate surface area is 173 Å². The molecule has 5 nitrogen and oxygen atoms in total. The molecule has 1 N–H and O–H groups in total. The molecule has 0 saturated heterocycles. The standard InChI is InChI=1S/C23H19ClN2O3/c24-19-8-6-17(7-9-19)23(28)25-20-10-11-21-18(12-20)14-26(22(27)15-29-21)13-16-4-2-1-3-5-16/h1-12H,13-15H2,(H,25,28). The van der Waals surface area contributed by atoms with Crippen LogP contribution in [-0.4, -0.2) is 23.3 Å². The molecule has 1 aliphatic rings. The molecule has 4 rings (SSSR count). The minimum absolute atomic E-state index is 0.00366. The second-order valence-electron chi connectivity index (χ2n) is 6.81. The zero-order valence-corrected chi connectivity index (χ0v) is 16.4. The van der Waals surface area contributed by atoms with Crippen LogP contribution >= 0.6 is 11.6 Å². The van der Waals surface area contributed by atoms with Gasteiger partial charge in [-0.1, -0.05) is 41.9 Å². The van der Waals surface area contributed by atoms with Crippen molar-refractivity contribution in [3.05, 3.63) is 94.5 Å². The van der Waals surface area contributed by atoms with Gasteiger partial charge < -0.3 is 15.0 Å². The van der Waals surface area contributed by atoms with Crippen LogP contribution in [0.1, 0.15) is 21.5 Å². The third-order valence-corrected chi connectivity index (χ3v) is 4.96. The Hall–Kier alpha value is -3.31. The van der Waals surface area contributed by atoms with Gasteiger partial charge in [-0.2, -0.15) is 0 Å². The zero-order valence-electron chi connectivity index (χ0n) is 15.6. The lowest BCUT2D eigenvalue weighted by molar-refractivity contribution is -0.133. The normalized spacial score (nSPS) is 13.3. The highest BCUT2D eigenvalue weighted by atomic mass is 35.5. The number of hydrogen-bond acceptors (Lipinski definition) is 3. The average molecular weight is 407 g/mol. The van der Waals surface area contributed by atoms with Crippen molar-refractivity contribution < 1.29 is 14.3 Å². The number of ether oxygens (including phenoxy) is 1. The summed E-state index contributed by atoms with van der Waals surface area (Å²) < 4.78 is 5.67. The topological polar surface area (TPSA) is 58.6 Å². The molecule has 3 aromatic carbocycles. The van der Waals surface area contributed by atoms with Gasteiger partial charge in [0.15, 0.2) is 6.61 Å². The number of fused-ring (bicyclic) bond motifs is 1. The Bertz CT molecular complexity index is 1040. The van der Waals surface area contributed by atoms with Gasteiger partial charge in [0, 0.05) is 34.9 Å². The van der Waals surface area contributed by atoms with Gasteiger partial charge in [0.1, 0.15) is 5.75 Å². The highest BCUT2D eigenvalue weighted by Gasteiger charge is 2.22. The van der Waals surface area contributed by atoms with Gasteiger partial charge in [0.05, 0.1) is 0 Å². The molecule has 0 fully saturated rings. The van der Waals surface area contributed by atoms with Crippen molar-refractivity contribution in [2.24, 2.45) is 0 Å².